The number of fused-ring (bicyclic) bond motifs is 1. The van der Waals surface area contributed by atoms with Gasteiger partial charge in [-0.05, 0) is 29.1 Å². The van der Waals surface area contributed by atoms with Gasteiger partial charge >= 0.3 is 0 Å². The fourth-order valence-electron chi connectivity index (χ4n) is 2.40. The van der Waals surface area contributed by atoms with Gasteiger partial charge in [-0.25, -0.2) is 0 Å². The van der Waals surface area contributed by atoms with Crippen molar-refractivity contribution < 1.29 is 9.15 Å². The van der Waals surface area contributed by atoms with Gasteiger partial charge in [-0.1, -0.05) is 30.3 Å². The van der Waals surface area contributed by atoms with Gasteiger partial charge in [0.15, 0.2) is 0 Å². The second-order valence-corrected chi connectivity index (χ2v) is 4.66. The summed E-state index contributed by atoms with van der Waals surface area (Å²) in [7, 11) is 1.70. The van der Waals surface area contributed by atoms with Crippen molar-refractivity contribution in [2.24, 2.45) is 0 Å². The molecule has 0 aliphatic heterocycles. The van der Waals surface area contributed by atoms with Crippen LogP contribution in [0.2, 0.25) is 0 Å². The van der Waals surface area contributed by atoms with E-state index in [1.165, 1.54) is 10.9 Å². The molecular weight excluding hydrogens is 250 g/mol. The molecule has 1 N–H and O–H groups in total. The van der Waals surface area contributed by atoms with Crippen molar-refractivity contribution in [3.05, 3.63) is 66.1 Å². The summed E-state index contributed by atoms with van der Waals surface area (Å²) in [6, 6.07) is 16.3. The van der Waals surface area contributed by atoms with Crippen LogP contribution in [-0.4, -0.2) is 7.11 Å². The zero-order valence-corrected chi connectivity index (χ0v) is 11.4. The summed E-state index contributed by atoms with van der Waals surface area (Å²) in [5, 5.41) is 5.77. The molecule has 1 heterocycles. The molecule has 0 unspecified atom stereocenters. The highest BCUT2D eigenvalue weighted by Gasteiger charge is 2.05. The third-order valence-corrected chi connectivity index (χ3v) is 3.39. The zero-order valence-electron chi connectivity index (χ0n) is 11.4. The summed E-state index contributed by atoms with van der Waals surface area (Å²) in [4.78, 5) is 0. The number of hydrogen-bond acceptors (Lipinski definition) is 3. The van der Waals surface area contributed by atoms with Crippen LogP contribution in [0.3, 0.4) is 0 Å². The van der Waals surface area contributed by atoms with Gasteiger partial charge in [0, 0.05) is 11.9 Å². The highest BCUT2D eigenvalue weighted by molar-refractivity contribution is 5.91. The van der Waals surface area contributed by atoms with Gasteiger partial charge < -0.3 is 14.5 Å². The maximum atomic E-state index is 5.41. The summed E-state index contributed by atoms with van der Waals surface area (Å²) in [5.74, 6) is 1.86. The zero-order chi connectivity index (χ0) is 13.8. The third kappa shape index (κ3) is 2.53. The van der Waals surface area contributed by atoms with Crippen LogP contribution in [0.1, 0.15) is 11.3 Å². The molecule has 1 aromatic heterocycles. The number of furan rings is 1. The molecule has 2 aromatic carbocycles. The van der Waals surface area contributed by atoms with E-state index in [1.54, 1.807) is 13.4 Å². The number of benzene rings is 2. The first-order valence-electron chi connectivity index (χ1n) is 6.66. The average Bonchev–Trinajstić information content (AvgIpc) is 3.01. The first-order chi connectivity index (χ1) is 9.88. The Morgan fingerprint density at radius 2 is 1.80 bits per heavy atom. The first kappa shape index (κ1) is 12.8. The lowest BCUT2D eigenvalue weighted by molar-refractivity contribution is 0.419. The lowest BCUT2D eigenvalue weighted by Crippen LogP contribution is -2.12. The molecule has 3 rings (SSSR count). The van der Waals surface area contributed by atoms with E-state index < -0.39 is 0 Å². The fourth-order valence-corrected chi connectivity index (χ4v) is 2.40. The van der Waals surface area contributed by atoms with Crippen molar-refractivity contribution in [2.45, 2.75) is 13.1 Å². The number of ether oxygens (including phenoxy) is 1. The Hall–Kier alpha value is -2.26. The first-order valence-corrected chi connectivity index (χ1v) is 6.66. The molecular formula is C17H17NO2. The fraction of sp³-hybridized carbons (Fsp3) is 0.176. The Bertz CT molecular complexity index is 689. The normalized spacial score (nSPS) is 10.8. The van der Waals surface area contributed by atoms with Gasteiger partial charge in [0.2, 0.25) is 0 Å². The summed E-state index contributed by atoms with van der Waals surface area (Å²) >= 11 is 0. The lowest BCUT2D eigenvalue weighted by Gasteiger charge is -2.11. The van der Waals surface area contributed by atoms with Gasteiger partial charge in [-0.3, -0.25) is 0 Å². The predicted molar refractivity (Wildman–Crippen MR) is 79.8 cm³/mol. The Labute approximate surface area is 118 Å². The van der Waals surface area contributed by atoms with E-state index in [0.717, 1.165) is 30.0 Å². The summed E-state index contributed by atoms with van der Waals surface area (Å²) in [5.41, 5.74) is 1.26. The molecule has 102 valence electrons. The maximum Gasteiger partial charge on any atom is 0.126 e. The molecule has 0 radical (unpaired) electrons. The quantitative estimate of drug-likeness (QED) is 0.765. The Kier molecular flexibility index (Phi) is 3.70. The highest BCUT2D eigenvalue weighted by Crippen LogP contribution is 2.28. The minimum atomic E-state index is 0.730. The SMILES string of the molecule is COc1ccc(CNCc2ccco2)c2ccccc12. The highest BCUT2D eigenvalue weighted by atomic mass is 16.5. The number of nitrogens with one attached hydrogen (secondary N) is 1. The van der Waals surface area contributed by atoms with Crippen molar-refractivity contribution in [3.8, 4) is 5.75 Å². The molecule has 0 bridgehead atoms. The second-order valence-electron chi connectivity index (χ2n) is 4.66. The number of methoxy groups -OCH3 is 1. The van der Waals surface area contributed by atoms with E-state index in [9.17, 15) is 0 Å². The van der Waals surface area contributed by atoms with E-state index in [2.05, 4.69) is 29.6 Å². The lowest BCUT2D eigenvalue weighted by atomic mass is 10.0. The van der Waals surface area contributed by atoms with Gasteiger partial charge in [-0.2, -0.15) is 0 Å². The van der Waals surface area contributed by atoms with E-state index in [0.29, 0.717) is 0 Å². The van der Waals surface area contributed by atoms with Crippen LogP contribution in [-0.2, 0) is 13.1 Å². The molecule has 0 saturated heterocycles. The summed E-state index contributed by atoms with van der Waals surface area (Å²) in [6.45, 7) is 1.53. The van der Waals surface area contributed by atoms with E-state index in [1.807, 2.05) is 24.3 Å². The molecule has 0 aliphatic rings. The minimum Gasteiger partial charge on any atom is -0.496 e. The van der Waals surface area contributed by atoms with Crippen molar-refractivity contribution in [1.82, 2.24) is 5.32 Å². The Balaban J connectivity index is 1.81. The monoisotopic (exact) mass is 267 g/mol. The van der Waals surface area contributed by atoms with Crippen LogP contribution < -0.4 is 10.1 Å². The Morgan fingerprint density at radius 3 is 2.55 bits per heavy atom. The maximum absolute atomic E-state index is 5.41. The molecule has 0 fully saturated rings. The molecule has 20 heavy (non-hydrogen) atoms. The van der Waals surface area contributed by atoms with Crippen LogP contribution in [0, 0.1) is 0 Å². The molecule has 0 amide bonds. The molecule has 0 aliphatic carbocycles. The molecule has 3 aromatic rings. The van der Waals surface area contributed by atoms with Crippen LogP contribution in [0.5, 0.6) is 5.75 Å². The van der Waals surface area contributed by atoms with Gasteiger partial charge in [0.25, 0.3) is 0 Å². The second kappa shape index (κ2) is 5.80. The van der Waals surface area contributed by atoms with Gasteiger partial charge in [0.1, 0.15) is 11.5 Å². The van der Waals surface area contributed by atoms with Crippen molar-refractivity contribution >= 4 is 10.8 Å². The van der Waals surface area contributed by atoms with Gasteiger partial charge in [0.05, 0.1) is 19.9 Å². The van der Waals surface area contributed by atoms with Crippen LogP contribution in [0.25, 0.3) is 10.8 Å². The van der Waals surface area contributed by atoms with Crippen LogP contribution >= 0.6 is 0 Å². The molecule has 3 nitrogen and oxygen atoms in total. The average molecular weight is 267 g/mol. The van der Waals surface area contributed by atoms with E-state index in [4.69, 9.17) is 9.15 Å². The standard InChI is InChI=1S/C17H17NO2/c1-19-17-9-8-13(15-6-2-3-7-16(15)17)11-18-12-14-5-4-10-20-14/h2-10,18H,11-12H2,1H3. The van der Waals surface area contributed by atoms with Crippen molar-refractivity contribution in [2.75, 3.05) is 7.11 Å². The minimum absolute atomic E-state index is 0.730. The third-order valence-electron chi connectivity index (χ3n) is 3.39. The van der Waals surface area contributed by atoms with Crippen molar-refractivity contribution in [1.29, 1.82) is 0 Å². The van der Waals surface area contributed by atoms with Crippen molar-refractivity contribution in [3.63, 3.8) is 0 Å². The molecule has 0 saturated carbocycles. The largest absolute Gasteiger partial charge is 0.496 e. The summed E-state index contributed by atoms with van der Waals surface area (Å²) < 4.78 is 10.7. The van der Waals surface area contributed by atoms with Crippen LogP contribution in [0.4, 0.5) is 0 Å². The molecule has 3 heteroatoms. The van der Waals surface area contributed by atoms with E-state index in [-0.39, 0.29) is 0 Å². The topological polar surface area (TPSA) is 34.4 Å². The smallest absolute Gasteiger partial charge is 0.126 e. The molecule has 0 atom stereocenters. The van der Waals surface area contributed by atoms with E-state index >= 15 is 0 Å². The Morgan fingerprint density at radius 1 is 0.950 bits per heavy atom. The number of rotatable bonds is 5. The van der Waals surface area contributed by atoms with Crippen LogP contribution in [0.15, 0.2) is 59.2 Å². The molecule has 0 spiro atoms. The predicted octanol–water partition coefficient (Wildman–Crippen LogP) is 3.73. The summed E-state index contributed by atoms with van der Waals surface area (Å²) in [6.07, 6.45) is 1.69. The number of hydrogen-bond donors (Lipinski definition) is 1. The van der Waals surface area contributed by atoms with Gasteiger partial charge in [-0.15, -0.1) is 0 Å².